The van der Waals surface area contributed by atoms with Crippen LogP contribution >= 0.6 is 0 Å². The van der Waals surface area contributed by atoms with E-state index < -0.39 is 12.5 Å². The van der Waals surface area contributed by atoms with Gasteiger partial charge in [-0.15, -0.1) is 13.2 Å². The molecule has 0 aromatic carbocycles. The van der Waals surface area contributed by atoms with Gasteiger partial charge in [-0.05, 0) is 31.7 Å². The Morgan fingerprint density at radius 2 is 2.00 bits per heavy atom. The first kappa shape index (κ1) is 22.3. The maximum atomic E-state index is 13.2. The normalized spacial score (nSPS) is 21.5. The molecule has 172 valence electrons. The van der Waals surface area contributed by atoms with Gasteiger partial charge in [-0.3, -0.25) is 14.5 Å². The number of methoxy groups -OCH3 is 1. The van der Waals surface area contributed by atoms with E-state index in [0.29, 0.717) is 54.7 Å². The van der Waals surface area contributed by atoms with Crippen LogP contribution in [0.15, 0.2) is 24.5 Å². The highest BCUT2D eigenvalue weighted by molar-refractivity contribution is 5.97. The Bertz CT molecular complexity index is 964. The number of alkyl halides is 3. The molecule has 1 saturated carbocycles. The van der Waals surface area contributed by atoms with Crippen LogP contribution < -0.4 is 9.47 Å². The van der Waals surface area contributed by atoms with Crippen LogP contribution in [0.1, 0.15) is 53.5 Å². The zero-order chi connectivity index (χ0) is 22.7. The van der Waals surface area contributed by atoms with Gasteiger partial charge in [-0.25, -0.2) is 4.98 Å². The van der Waals surface area contributed by atoms with Gasteiger partial charge in [0, 0.05) is 23.9 Å². The van der Waals surface area contributed by atoms with Crippen LogP contribution in [-0.2, 0) is 11.3 Å². The van der Waals surface area contributed by atoms with Gasteiger partial charge in [-0.2, -0.15) is 4.98 Å². The molecule has 0 atom stereocenters. The minimum Gasteiger partial charge on any atom is -0.489 e. The predicted octanol–water partition coefficient (Wildman–Crippen LogP) is 3.48. The molecule has 0 N–H and O–H groups in total. The highest BCUT2D eigenvalue weighted by Gasteiger charge is 2.36. The van der Waals surface area contributed by atoms with Gasteiger partial charge in [0.2, 0.25) is 5.88 Å². The number of carbonyl (C=O) groups excluding carboxylic acids is 1. The Morgan fingerprint density at radius 1 is 1.22 bits per heavy atom. The highest BCUT2D eigenvalue weighted by Crippen LogP contribution is 2.37. The van der Waals surface area contributed by atoms with Crippen molar-refractivity contribution in [2.75, 3.05) is 20.3 Å². The first-order valence-corrected chi connectivity index (χ1v) is 10.3. The molecule has 0 unspecified atom stereocenters. The predicted molar refractivity (Wildman–Crippen MR) is 105 cm³/mol. The molecular weight excluding hydrogens is 429 g/mol. The number of pyridine rings is 1. The lowest BCUT2D eigenvalue weighted by atomic mass is 9.84. The Hall–Kier alpha value is -2.95. The van der Waals surface area contributed by atoms with E-state index in [2.05, 4.69) is 19.7 Å². The molecule has 3 heterocycles. The molecule has 0 saturated heterocycles. The quantitative estimate of drug-likeness (QED) is 0.687. The summed E-state index contributed by atoms with van der Waals surface area (Å²) in [6, 6.07) is 3.32. The third kappa shape index (κ3) is 5.26. The summed E-state index contributed by atoms with van der Waals surface area (Å²) in [6.45, 7) is 0.837. The molecule has 1 aliphatic heterocycles. The van der Waals surface area contributed by atoms with E-state index in [4.69, 9.17) is 9.47 Å². The van der Waals surface area contributed by atoms with E-state index in [1.54, 1.807) is 23.2 Å². The van der Waals surface area contributed by atoms with Gasteiger partial charge < -0.3 is 14.4 Å². The number of ether oxygens (including phenoxy) is 3. The van der Waals surface area contributed by atoms with E-state index in [1.807, 2.05) is 0 Å². The number of nitrogens with zero attached hydrogens (tertiary/aromatic N) is 4. The van der Waals surface area contributed by atoms with E-state index in [9.17, 15) is 18.0 Å². The van der Waals surface area contributed by atoms with Gasteiger partial charge in [-0.1, -0.05) is 0 Å². The monoisotopic (exact) mass is 452 g/mol. The van der Waals surface area contributed by atoms with E-state index in [1.165, 1.54) is 13.3 Å². The lowest BCUT2D eigenvalue weighted by molar-refractivity contribution is -0.345. The van der Waals surface area contributed by atoms with E-state index in [0.717, 1.165) is 0 Å². The molecule has 4 rings (SSSR count). The summed E-state index contributed by atoms with van der Waals surface area (Å²) in [5.41, 5.74) is 1.05. The fourth-order valence-electron chi connectivity index (χ4n) is 4.06. The first-order chi connectivity index (χ1) is 15.3. The van der Waals surface area contributed by atoms with Crippen LogP contribution in [0, 0.1) is 0 Å². The molecule has 0 radical (unpaired) electrons. The van der Waals surface area contributed by atoms with Crippen LogP contribution in [0.5, 0.6) is 11.6 Å². The van der Waals surface area contributed by atoms with Gasteiger partial charge in [0.15, 0.2) is 5.82 Å². The molecule has 1 fully saturated rings. The third-order valence-electron chi connectivity index (χ3n) is 5.64. The van der Waals surface area contributed by atoms with Crippen molar-refractivity contribution in [3.8, 4) is 11.6 Å². The Kier molecular flexibility index (Phi) is 6.45. The van der Waals surface area contributed by atoms with Crippen molar-refractivity contribution in [1.82, 2.24) is 19.9 Å². The van der Waals surface area contributed by atoms with Crippen molar-refractivity contribution in [3.05, 3.63) is 41.6 Å². The lowest BCUT2D eigenvalue weighted by Crippen LogP contribution is -2.32. The second kappa shape index (κ2) is 9.27. The minimum absolute atomic E-state index is 0.0420. The third-order valence-corrected chi connectivity index (χ3v) is 5.64. The summed E-state index contributed by atoms with van der Waals surface area (Å²) in [4.78, 5) is 27.7. The van der Waals surface area contributed by atoms with Crippen molar-refractivity contribution >= 4 is 5.91 Å². The molecular formula is C21H23F3N4O4. The second-order valence-electron chi connectivity index (χ2n) is 7.73. The largest absolute Gasteiger partial charge is 0.522 e. The maximum Gasteiger partial charge on any atom is 0.522 e. The fraction of sp³-hybridized carbons (Fsp3) is 0.524. The molecule has 8 nitrogen and oxygen atoms in total. The van der Waals surface area contributed by atoms with Crippen LogP contribution in [0.25, 0.3) is 0 Å². The number of rotatable bonds is 5. The second-order valence-corrected chi connectivity index (χ2v) is 7.73. The number of aromatic nitrogens is 3. The molecule has 2 aromatic rings. The molecule has 1 amide bonds. The van der Waals surface area contributed by atoms with Crippen LogP contribution in [-0.4, -0.2) is 58.5 Å². The molecule has 2 aromatic heterocycles. The van der Waals surface area contributed by atoms with Crippen molar-refractivity contribution < 1.29 is 32.2 Å². The Labute approximate surface area is 182 Å². The van der Waals surface area contributed by atoms with Crippen LogP contribution in [0.4, 0.5) is 13.2 Å². The molecule has 2 aliphatic rings. The van der Waals surface area contributed by atoms with Gasteiger partial charge in [0.1, 0.15) is 12.4 Å². The Balaban J connectivity index is 1.48. The summed E-state index contributed by atoms with van der Waals surface area (Å²) in [7, 11) is 1.50. The topological polar surface area (TPSA) is 86.7 Å². The number of amides is 1. The summed E-state index contributed by atoms with van der Waals surface area (Å²) in [6.07, 6.45) is -0.804. The number of hydrogen-bond acceptors (Lipinski definition) is 7. The number of hydrogen-bond donors (Lipinski definition) is 0. The van der Waals surface area contributed by atoms with Gasteiger partial charge in [0.25, 0.3) is 5.91 Å². The van der Waals surface area contributed by atoms with Crippen molar-refractivity contribution in [2.45, 2.75) is 50.6 Å². The summed E-state index contributed by atoms with van der Waals surface area (Å²) < 4.78 is 52.4. The van der Waals surface area contributed by atoms with E-state index in [-0.39, 0.29) is 31.2 Å². The molecule has 0 spiro atoms. The molecule has 1 aliphatic carbocycles. The average Bonchev–Trinajstić information content (AvgIpc) is 2.92. The van der Waals surface area contributed by atoms with Crippen LogP contribution in [0.3, 0.4) is 0 Å². The average molecular weight is 452 g/mol. The molecule has 32 heavy (non-hydrogen) atoms. The van der Waals surface area contributed by atoms with Crippen molar-refractivity contribution in [1.29, 1.82) is 0 Å². The standard InChI is InChI=1S/C21H23F3N4O4/c1-30-19-6-7-25-18(27-19)12-28-8-9-31-17-11-26-16(10-15(17)20(28)29)13-2-4-14(5-3-13)32-21(22,23)24/h6-7,10-11,13-14H,2-5,8-9,12H2,1H3. The van der Waals surface area contributed by atoms with Crippen molar-refractivity contribution in [3.63, 3.8) is 0 Å². The van der Waals surface area contributed by atoms with Crippen LogP contribution in [0.2, 0.25) is 0 Å². The van der Waals surface area contributed by atoms with Gasteiger partial charge in [0.05, 0.1) is 38.1 Å². The van der Waals surface area contributed by atoms with Gasteiger partial charge >= 0.3 is 6.36 Å². The van der Waals surface area contributed by atoms with Crippen molar-refractivity contribution in [2.24, 2.45) is 0 Å². The first-order valence-electron chi connectivity index (χ1n) is 10.3. The molecule has 11 heteroatoms. The molecule has 0 bridgehead atoms. The number of carbonyl (C=O) groups is 1. The smallest absolute Gasteiger partial charge is 0.489 e. The number of fused-ring (bicyclic) bond motifs is 1. The van der Waals surface area contributed by atoms with E-state index >= 15 is 0 Å². The number of halogens is 3. The SMILES string of the molecule is COc1ccnc(CN2CCOc3cnc(C4CCC(OC(F)(F)F)CC4)cc3C2=O)n1. The zero-order valence-corrected chi connectivity index (χ0v) is 17.5. The zero-order valence-electron chi connectivity index (χ0n) is 17.5. The summed E-state index contributed by atoms with van der Waals surface area (Å²) in [5.74, 6) is 0.965. The minimum atomic E-state index is -4.63. The maximum absolute atomic E-state index is 13.2. The summed E-state index contributed by atoms with van der Waals surface area (Å²) >= 11 is 0. The Morgan fingerprint density at radius 3 is 2.72 bits per heavy atom. The fourth-order valence-corrected chi connectivity index (χ4v) is 4.06. The highest BCUT2D eigenvalue weighted by atomic mass is 19.4. The summed E-state index contributed by atoms with van der Waals surface area (Å²) in [5, 5.41) is 0. The lowest BCUT2D eigenvalue weighted by Gasteiger charge is -2.29.